The van der Waals surface area contributed by atoms with Gasteiger partial charge in [-0.1, -0.05) is 70.7 Å². The molecule has 12 nitrogen and oxygen atoms in total. The third-order valence-corrected chi connectivity index (χ3v) is 8.42. The van der Waals surface area contributed by atoms with Crippen molar-refractivity contribution in [3.8, 4) is 11.5 Å². The van der Waals surface area contributed by atoms with E-state index in [0.29, 0.717) is 11.5 Å². The molecule has 2 atom stereocenters. The van der Waals surface area contributed by atoms with Crippen molar-refractivity contribution in [3.63, 3.8) is 0 Å². The number of rotatable bonds is 12. The van der Waals surface area contributed by atoms with E-state index in [1.807, 2.05) is 0 Å². The van der Waals surface area contributed by atoms with Gasteiger partial charge in [0.1, 0.15) is 24.7 Å². The number of carbonyl (C=O) groups is 4. The van der Waals surface area contributed by atoms with Gasteiger partial charge in [0.25, 0.3) is 0 Å². The van der Waals surface area contributed by atoms with Gasteiger partial charge >= 0.3 is 23.9 Å². The molecule has 0 aliphatic rings. The van der Waals surface area contributed by atoms with Crippen molar-refractivity contribution in [2.45, 2.75) is 11.2 Å². The molecule has 4 aromatic carbocycles. The van der Waals surface area contributed by atoms with E-state index in [0.717, 1.165) is 0 Å². The molecule has 264 valence electrons. The van der Waals surface area contributed by atoms with Gasteiger partial charge in [0.05, 0.1) is 45.4 Å². The van der Waals surface area contributed by atoms with Gasteiger partial charge in [0.15, 0.2) is 0 Å². The minimum absolute atomic E-state index is 0.0151. The summed E-state index contributed by atoms with van der Waals surface area (Å²) in [5.41, 5.74) is -4.68. The van der Waals surface area contributed by atoms with Crippen LogP contribution in [0.15, 0.2) is 84.9 Å². The van der Waals surface area contributed by atoms with Crippen LogP contribution >= 0.6 is 46.4 Å². The molecule has 0 unspecified atom stereocenters. The molecule has 0 aromatic heterocycles. The Labute approximate surface area is 305 Å². The van der Waals surface area contributed by atoms with E-state index in [1.165, 1.54) is 87.0 Å². The van der Waals surface area contributed by atoms with Crippen molar-refractivity contribution in [2.24, 2.45) is 0 Å². The van der Waals surface area contributed by atoms with Crippen molar-refractivity contribution >= 4 is 70.3 Å². The second-order valence-corrected chi connectivity index (χ2v) is 11.8. The first-order valence-electron chi connectivity index (χ1n) is 14.0. The lowest BCUT2D eigenvalue weighted by molar-refractivity contribution is -0.165. The standard InChI is InChI=1S/2C17H14Cl2O6/c2*1-24-12-4-2-3-11(8-12)17(23,16(21)22)9-25-15(20)10-5-6-13(18)14(19)7-10/h2*2-8,23H,9H2,1H3,(H,21,22)/t2*17-/m00/s1. The van der Waals surface area contributed by atoms with Crippen LogP contribution < -0.4 is 9.47 Å². The SMILES string of the molecule is COc1cccc([C@@](O)(COC(=O)c2ccc(Cl)c(Cl)c2)C(=O)O)c1.COc1cccc([C@@](O)(COC(=O)c2ccc(Cl)c(Cl)c2)C(=O)O)c1. The Morgan fingerprint density at radius 2 is 0.920 bits per heavy atom. The van der Waals surface area contributed by atoms with E-state index in [2.05, 4.69) is 0 Å². The summed E-state index contributed by atoms with van der Waals surface area (Å²) in [5.74, 6) is -4.12. The number of carboxylic acids is 2. The summed E-state index contributed by atoms with van der Waals surface area (Å²) in [6, 6.07) is 19.8. The minimum Gasteiger partial charge on any atom is -0.497 e. The van der Waals surface area contributed by atoms with Gasteiger partial charge in [0.2, 0.25) is 11.2 Å². The highest BCUT2D eigenvalue weighted by atomic mass is 35.5. The van der Waals surface area contributed by atoms with Crippen LogP contribution in [0.5, 0.6) is 11.5 Å². The van der Waals surface area contributed by atoms with Crippen LogP contribution in [0, 0.1) is 0 Å². The summed E-state index contributed by atoms with van der Waals surface area (Å²) in [6.45, 7) is -1.59. The zero-order chi connectivity index (χ0) is 37.2. The molecule has 0 saturated heterocycles. The van der Waals surface area contributed by atoms with Crippen LogP contribution in [0.25, 0.3) is 0 Å². The van der Waals surface area contributed by atoms with Crippen LogP contribution in [0.3, 0.4) is 0 Å². The molecule has 4 N–H and O–H groups in total. The van der Waals surface area contributed by atoms with Crippen LogP contribution in [-0.4, -0.2) is 71.7 Å². The zero-order valence-corrected chi connectivity index (χ0v) is 29.1. The van der Waals surface area contributed by atoms with E-state index in [9.17, 15) is 39.6 Å². The number of carboxylic acid groups (broad SMARTS) is 2. The van der Waals surface area contributed by atoms with Gasteiger partial charge in [-0.05, 0) is 60.7 Å². The van der Waals surface area contributed by atoms with Crippen molar-refractivity contribution in [1.82, 2.24) is 0 Å². The minimum atomic E-state index is -2.43. The maximum atomic E-state index is 12.1. The summed E-state index contributed by atoms with van der Waals surface area (Å²) >= 11 is 23.2. The summed E-state index contributed by atoms with van der Waals surface area (Å²) in [5, 5.41) is 40.6. The highest BCUT2D eigenvalue weighted by Gasteiger charge is 2.41. The molecule has 0 saturated carbocycles. The summed E-state index contributed by atoms with van der Waals surface area (Å²) in [7, 11) is 2.81. The Morgan fingerprint density at radius 1 is 0.560 bits per heavy atom. The van der Waals surface area contributed by atoms with E-state index in [-0.39, 0.29) is 42.3 Å². The largest absolute Gasteiger partial charge is 0.497 e. The number of esters is 2. The Bertz CT molecular complexity index is 1750. The molecule has 0 bridgehead atoms. The average Bonchev–Trinajstić information content (AvgIpc) is 3.11. The summed E-state index contributed by atoms with van der Waals surface area (Å²) < 4.78 is 20.0. The molecule has 0 aliphatic carbocycles. The first-order chi connectivity index (χ1) is 23.5. The van der Waals surface area contributed by atoms with Gasteiger partial charge in [-0.2, -0.15) is 0 Å². The Balaban J connectivity index is 0.000000270. The number of hydrogen-bond donors (Lipinski definition) is 4. The molecule has 4 rings (SSSR count). The highest BCUT2D eigenvalue weighted by Crippen LogP contribution is 2.29. The maximum Gasteiger partial charge on any atom is 0.344 e. The predicted molar refractivity (Wildman–Crippen MR) is 183 cm³/mol. The number of halogens is 4. The number of ether oxygens (including phenoxy) is 4. The molecule has 0 spiro atoms. The summed E-state index contributed by atoms with van der Waals surface area (Å²) in [6.07, 6.45) is 0. The Morgan fingerprint density at radius 3 is 1.22 bits per heavy atom. The molecular weight excluding hydrogens is 742 g/mol. The molecule has 0 aliphatic heterocycles. The summed E-state index contributed by atoms with van der Waals surface area (Å²) in [4.78, 5) is 47.3. The molecule has 0 heterocycles. The van der Waals surface area contributed by atoms with Crippen molar-refractivity contribution in [3.05, 3.63) is 127 Å². The fourth-order valence-corrected chi connectivity index (χ4v) is 4.65. The molecule has 50 heavy (non-hydrogen) atoms. The smallest absolute Gasteiger partial charge is 0.344 e. The lowest BCUT2D eigenvalue weighted by Gasteiger charge is -2.24. The van der Waals surface area contributed by atoms with Gasteiger partial charge in [0, 0.05) is 11.1 Å². The molecule has 0 fully saturated rings. The molecule has 0 radical (unpaired) electrons. The second-order valence-electron chi connectivity index (χ2n) is 10.2. The van der Waals surface area contributed by atoms with Crippen LogP contribution in [0.1, 0.15) is 31.8 Å². The molecule has 4 aromatic rings. The third kappa shape index (κ3) is 9.78. The zero-order valence-electron chi connectivity index (χ0n) is 26.1. The van der Waals surface area contributed by atoms with E-state index in [4.69, 9.17) is 65.4 Å². The average molecular weight is 770 g/mol. The van der Waals surface area contributed by atoms with Gasteiger partial charge < -0.3 is 39.4 Å². The maximum absolute atomic E-state index is 12.1. The van der Waals surface area contributed by atoms with Crippen LogP contribution in [-0.2, 0) is 30.3 Å². The Hall–Kier alpha value is -4.56. The quantitative estimate of drug-likeness (QED) is 0.119. The second kappa shape index (κ2) is 17.4. The van der Waals surface area contributed by atoms with Crippen molar-refractivity contribution in [1.29, 1.82) is 0 Å². The number of aliphatic hydroxyl groups is 2. The van der Waals surface area contributed by atoms with Crippen molar-refractivity contribution in [2.75, 3.05) is 27.4 Å². The van der Waals surface area contributed by atoms with Gasteiger partial charge in [-0.3, -0.25) is 0 Å². The predicted octanol–water partition coefficient (Wildman–Crippen LogP) is 6.26. The van der Waals surface area contributed by atoms with Crippen molar-refractivity contribution < 1.29 is 58.6 Å². The number of benzene rings is 4. The van der Waals surface area contributed by atoms with Gasteiger partial charge in [-0.25, -0.2) is 19.2 Å². The lowest BCUT2D eigenvalue weighted by Crippen LogP contribution is -2.41. The Kier molecular flexibility index (Phi) is 13.9. The number of hydrogen-bond acceptors (Lipinski definition) is 10. The molecular formula is C34H28Cl4O12. The van der Waals surface area contributed by atoms with E-state index >= 15 is 0 Å². The molecule has 16 heteroatoms. The number of carbonyl (C=O) groups excluding carboxylic acids is 2. The van der Waals surface area contributed by atoms with E-state index in [1.54, 1.807) is 12.1 Å². The first-order valence-corrected chi connectivity index (χ1v) is 15.5. The highest BCUT2D eigenvalue weighted by molar-refractivity contribution is 6.42. The van der Waals surface area contributed by atoms with E-state index < -0.39 is 48.3 Å². The normalized spacial score (nSPS) is 13.0. The molecule has 0 amide bonds. The number of aliphatic carboxylic acids is 2. The van der Waals surface area contributed by atoms with Crippen LogP contribution in [0.4, 0.5) is 0 Å². The fraction of sp³-hybridized carbons (Fsp3) is 0.176. The third-order valence-electron chi connectivity index (χ3n) is 6.94. The van der Waals surface area contributed by atoms with Crippen LogP contribution in [0.2, 0.25) is 20.1 Å². The first kappa shape index (κ1) is 39.9. The lowest BCUT2D eigenvalue weighted by atomic mass is 9.94. The fourth-order valence-electron chi connectivity index (χ4n) is 4.05. The topological polar surface area (TPSA) is 186 Å². The monoisotopic (exact) mass is 768 g/mol. The van der Waals surface area contributed by atoms with Gasteiger partial charge in [-0.15, -0.1) is 0 Å². The number of methoxy groups -OCH3 is 2.